The van der Waals surface area contributed by atoms with Crippen LogP contribution in [0.2, 0.25) is 0 Å². The van der Waals surface area contributed by atoms with Gasteiger partial charge in [0.15, 0.2) is 5.78 Å². The van der Waals surface area contributed by atoms with Crippen molar-refractivity contribution in [1.82, 2.24) is 0 Å². The molecule has 0 saturated heterocycles. The lowest BCUT2D eigenvalue weighted by molar-refractivity contribution is -0.137. The summed E-state index contributed by atoms with van der Waals surface area (Å²) in [6.07, 6.45) is -3.32. The predicted octanol–water partition coefficient (Wildman–Crippen LogP) is 7.59. The van der Waals surface area contributed by atoms with Crippen LogP contribution in [-0.4, -0.2) is 5.78 Å². The number of hydrogen-bond acceptors (Lipinski definition) is 3. The van der Waals surface area contributed by atoms with E-state index in [1.165, 1.54) is 29.5 Å². The second-order valence-corrected chi connectivity index (χ2v) is 9.43. The number of nitrogens with two attached hydrogens (primary N) is 1. The van der Waals surface area contributed by atoms with Crippen molar-refractivity contribution in [3.05, 3.63) is 95.1 Å². The number of Topliss-reactive ketones (excluding diaryl/α,β-unsaturated/α-hetero) is 1. The molecule has 0 aromatic heterocycles. The van der Waals surface area contributed by atoms with Crippen molar-refractivity contribution >= 4 is 23.2 Å². The third-order valence-corrected chi connectivity index (χ3v) is 6.44. The van der Waals surface area contributed by atoms with Crippen LogP contribution in [0.25, 0.3) is 0 Å². The summed E-state index contributed by atoms with van der Waals surface area (Å²) in [5, 5.41) is -0.371. The summed E-state index contributed by atoms with van der Waals surface area (Å²) < 4.78 is 39.0. The number of benzene rings is 3. The van der Waals surface area contributed by atoms with E-state index in [-0.39, 0.29) is 17.5 Å². The topological polar surface area (TPSA) is 43.1 Å². The van der Waals surface area contributed by atoms with Gasteiger partial charge in [-0.05, 0) is 47.7 Å². The second kappa shape index (κ2) is 10.3. The molecule has 0 amide bonds. The van der Waals surface area contributed by atoms with Crippen LogP contribution in [0.4, 0.5) is 18.9 Å². The smallest absolute Gasteiger partial charge is 0.398 e. The van der Waals surface area contributed by atoms with Gasteiger partial charge in [0, 0.05) is 27.8 Å². The molecular weight excluding hydrogens is 431 g/mol. The van der Waals surface area contributed by atoms with Gasteiger partial charge >= 0.3 is 6.18 Å². The average Bonchev–Trinajstić information content (AvgIpc) is 2.74. The number of alkyl halides is 3. The molecule has 0 aliphatic carbocycles. The summed E-state index contributed by atoms with van der Waals surface area (Å²) in [5.41, 5.74) is 8.34. The van der Waals surface area contributed by atoms with E-state index in [1.54, 1.807) is 6.07 Å². The van der Waals surface area contributed by atoms with Gasteiger partial charge in [-0.3, -0.25) is 4.79 Å². The molecule has 0 spiro atoms. The van der Waals surface area contributed by atoms with E-state index < -0.39 is 11.7 Å². The van der Waals surface area contributed by atoms with Gasteiger partial charge in [-0.2, -0.15) is 13.2 Å². The Morgan fingerprint density at radius 1 is 0.938 bits per heavy atom. The number of anilines is 1. The number of nitrogen functional groups attached to an aromatic ring is 1. The maximum atomic E-state index is 13.0. The number of carbonyl (C=O) groups excluding carboxylic acids is 1. The number of para-hydroxylation sites is 1. The number of halogens is 3. The Labute approximate surface area is 191 Å². The summed E-state index contributed by atoms with van der Waals surface area (Å²) in [7, 11) is 0. The van der Waals surface area contributed by atoms with Crippen LogP contribution in [0.5, 0.6) is 0 Å². The number of ketones is 1. The zero-order chi connectivity index (χ0) is 23.3. The molecule has 0 fully saturated rings. The molecule has 0 aliphatic heterocycles. The third kappa shape index (κ3) is 6.39. The van der Waals surface area contributed by atoms with Gasteiger partial charge in [0.05, 0.1) is 5.56 Å². The highest BCUT2D eigenvalue weighted by atomic mass is 32.2. The maximum Gasteiger partial charge on any atom is 0.416 e. The van der Waals surface area contributed by atoms with E-state index in [0.717, 1.165) is 23.4 Å². The molecule has 0 unspecified atom stereocenters. The second-order valence-electron chi connectivity index (χ2n) is 8.19. The summed E-state index contributed by atoms with van der Waals surface area (Å²) in [5.74, 6) is 0.460. The van der Waals surface area contributed by atoms with Gasteiger partial charge in [0.2, 0.25) is 0 Å². The molecule has 6 heteroatoms. The van der Waals surface area contributed by atoms with Gasteiger partial charge in [-0.25, -0.2) is 0 Å². The monoisotopic (exact) mass is 457 g/mol. The van der Waals surface area contributed by atoms with Crippen molar-refractivity contribution in [3.8, 4) is 0 Å². The first-order chi connectivity index (χ1) is 15.1. The molecule has 168 valence electrons. The number of carbonyl (C=O) groups is 1. The van der Waals surface area contributed by atoms with E-state index in [2.05, 4.69) is 13.8 Å². The zero-order valence-electron chi connectivity index (χ0n) is 18.0. The molecule has 0 bridgehead atoms. The Bertz CT molecular complexity index is 1040. The van der Waals surface area contributed by atoms with Crippen LogP contribution in [0.1, 0.15) is 52.6 Å². The first-order valence-electron chi connectivity index (χ1n) is 10.4. The summed E-state index contributed by atoms with van der Waals surface area (Å²) >= 11 is 1.39. The first-order valence-corrected chi connectivity index (χ1v) is 11.3. The molecule has 0 radical (unpaired) electrons. The molecular formula is C26H26F3NOS. The van der Waals surface area contributed by atoms with Gasteiger partial charge < -0.3 is 5.73 Å². The summed E-state index contributed by atoms with van der Waals surface area (Å²) in [6, 6.07) is 19.8. The Morgan fingerprint density at radius 2 is 1.56 bits per heavy atom. The van der Waals surface area contributed by atoms with Gasteiger partial charge in [-0.15, -0.1) is 11.8 Å². The predicted molar refractivity (Wildman–Crippen MR) is 125 cm³/mol. The lowest BCUT2D eigenvalue weighted by atomic mass is 9.98. The van der Waals surface area contributed by atoms with E-state index in [0.29, 0.717) is 22.7 Å². The van der Waals surface area contributed by atoms with Crippen LogP contribution in [0.3, 0.4) is 0 Å². The quantitative estimate of drug-likeness (QED) is 0.215. The molecule has 1 atom stereocenters. The van der Waals surface area contributed by atoms with Gasteiger partial charge in [-0.1, -0.05) is 62.4 Å². The fraction of sp³-hybridized carbons (Fsp3) is 0.269. The Morgan fingerprint density at radius 3 is 2.12 bits per heavy atom. The Hall–Kier alpha value is -2.73. The lowest BCUT2D eigenvalue weighted by Gasteiger charge is -2.19. The minimum atomic E-state index is -4.40. The Balaban J connectivity index is 1.85. The molecule has 3 rings (SSSR count). The van der Waals surface area contributed by atoms with Crippen molar-refractivity contribution < 1.29 is 18.0 Å². The van der Waals surface area contributed by atoms with Crippen molar-refractivity contribution in [1.29, 1.82) is 0 Å². The SMILES string of the molecule is CC(C)Cc1ccc(C(=O)C[C@@H](Sc2ccccc2N)c2ccc(C(F)(F)F)cc2)cc1. The number of thioether (sulfide) groups is 1. The highest BCUT2D eigenvalue weighted by molar-refractivity contribution is 7.99. The standard InChI is InChI=1S/C26H26F3NOS/c1-17(2)15-18-7-9-19(10-8-18)23(31)16-25(32-24-6-4-3-5-22(24)30)20-11-13-21(14-12-20)26(27,28)29/h3-14,17,25H,15-16,30H2,1-2H3/t25-/m1/s1. The molecule has 3 aromatic carbocycles. The van der Waals surface area contributed by atoms with Gasteiger partial charge in [0.25, 0.3) is 0 Å². The molecule has 2 nitrogen and oxygen atoms in total. The minimum absolute atomic E-state index is 0.0620. The highest BCUT2D eigenvalue weighted by Gasteiger charge is 2.30. The molecule has 0 saturated carbocycles. The minimum Gasteiger partial charge on any atom is -0.398 e. The van der Waals surface area contributed by atoms with Crippen LogP contribution in [-0.2, 0) is 12.6 Å². The molecule has 0 aliphatic rings. The third-order valence-electron chi connectivity index (χ3n) is 5.09. The lowest BCUT2D eigenvalue weighted by Crippen LogP contribution is -2.08. The zero-order valence-corrected chi connectivity index (χ0v) is 18.8. The maximum absolute atomic E-state index is 13.0. The van der Waals surface area contributed by atoms with Crippen LogP contribution >= 0.6 is 11.8 Å². The summed E-state index contributed by atoms with van der Waals surface area (Å²) in [4.78, 5) is 13.8. The molecule has 3 aromatic rings. The fourth-order valence-corrected chi connectivity index (χ4v) is 4.64. The van der Waals surface area contributed by atoms with Crippen LogP contribution in [0.15, 0.2) is 77.7 Å². The average molecular weight is 458 g/mol. The highest BCUT2D eigenvalue weighted by Crippen LogP contribution is 2.41. The van der Waals surface area contributed by atoms with Crippen LogP contribution in [0, 0.1) is 5.92 Å². The number of rotatable bonds is 8. The Kier molecular flexibility index (Phi) is 7.67. The van der Waals surface area contributed by atoms with E-state index in [1.807, 2.05) is 42.5 Å². The van der Waals surface area contributed by atoms with E-state index in [9.17, 15) is 18.0 Å². The van der Waals surface area contributed by atoms with Crippen LogP contribution < -0.4 is 5.73 Å². The summed E-state index contributed by atoms with van der Waals surface area (Å²) in [6.45, 7) is 4.28. The molecule has 2 N–H and O–H groups in total. The molecule has 32 heavy (non-hydrogen) atoms. The van der Waals surface area contributed by atoms with Crippen molar-refractivity contribution in [2.45, 2.75) is 43.0 Å². The van der Waals surface area contributed by atoms with Gasteiger partial charge in [0.1, 0.15) is 0 Å². The van der Waals surface area contributed by atoms with E-state index in [4.69, 9.17) is 5.73 Å². The fourth-order valence-electron chi connectivity index (χ4n) is 3.44. The van der Waals surface area contributed by atoms with E-state index >= 15 is 0 Å². The first kappa shape index (κ1) is 23.9. The largest absolute Gasteiger partial charge is 0.416 e. The number of hydrogen-bond donors (Lipinski definition) is 1. The van der Waals surface area contributed by atoms with Crippen molar-refractivity contribution in [3.63, 3.8) is 0 Å². The molecule has 0 heterocycles. The normalized spacial score (nSPS) is 12.7. The van der Waals surface area contributed by atoms with Crippen molar-refractivity contribution in [2.24, 2.45) is 5.92 Å². The van der Waals surface area contributed by atoms with Crippen molar-refractivity contribution in [2.75, 3.05) is 5.73 Å².